The Morgan fingerprint density at radius 3 is 2.28 bits per heavy atom. The van der Waals surface area contributed by atoms with E-state index in [9.17, 15) is 14.4 Å². The summed E-state index contributed by atoms with van der Waals surface area (Å²) in [6, 6.07) is 16.7. The highest BCUT2D eigenvalue weighted by molar-refractivity contribution is 6.04. The van der Waals surface area contributed by atoms with Crippen molar-refractivity contribution in [2.75, 3.05) is 19.5 Å². The number of amides is 1. The number of hydrogen-bond acceptors (Lipinski definition) is 5. The minimum Gasteiger partial charge on any atom is -0.497 e. The lowest BCUT2D eigenvalue weighted by molar-refractivity contribution is 0.0600. The average molecular weight is 392 g/mol. The lowest BCUT2D eigenvalue weighted by Gasteiger charge is -2.10. The molecule has 7 heteroatoms. The molecule has 29 heavy (non-hydrogen) atoms. The number of esters is 1. The van der Waals surface area contributed by atoms with Crippen molar-refractivity contribution in [2.24, 2.45) is 0 Å². The van der Waals surface area contributed by atoms with Gasteiger partial charge in [-0.3, -0.25) is 9.59 Å². The van der Waals surface area contributed by atoms with Gasteiger partial charge < -0.3 is 19.4 Å². The fraction of sp³-hybridized carbons (Fsp3) is 0.136. The molecule has 2 aromatic carbocycles. The molecule has 148 valence electrons. The van der Waals surface area contributed by atoms with Crippen LogP contribution >= 0.6 is 0 Å². The molecule has 1 N–H and O–H groups in total. The smallest absolute Gasteiger partial charge is 0.337 e. The number of hydrogen-bond donors (Lipinski definition) is 1. The van der Waals surface area contributed by atoms with Crippen molar-refractivity contribution in [1.82, 2.24) is 4.57 Å². The van der Waals surface area contributed by atoms with Crippen LogP contribution in [0.1, 0.15) is 26.3 Å². The maximum absolute atomic E-state index is 12.7. The van der Waals surface area contributed by atoms with Gasteiger partial charge in [-0.25, -0.2) is 4.79 Å². The Morgan fingerprint density at radius 2 is 1.66 bits per heavy atom. The van der Waals surface area contributed by atoms with Gasteiger partial charge in [-0.1, -0.05) is 12.1 Å². The molecule has 0 unspecified atom stereocenters. The van der Waals surface area contributed by atoms with Crippen molar-refractivity contribution in [3.8, 4) is 5.75 Å². The fourth-order valence-corrected chi connectivity index (χ4v) is 2.77. The normalized spacial score (nSPS) is 10.3. The number of carbonyl (C=O) groups excluding carboxylic acids is 2. The quantitative estimate of drug-likeness (QED) is 0.652. The Balaban J connectivity index is 1.76. The zero-order chi connectivity index (χ0) is 20.8. The van der Waals surface area contributed by atoms with E-state index in [-0.39, 0.29) is 5.56 Å². The summed E-state index contributed by atoms with van der Waals surface area (Å²) in [5.74, 6) is -0.260. The summed E-state index contributed by atoms with van der Waals surface area (Å²) < 4.78 is 11.2. The summed E-state index contributed by atoms with van der Waals surface area (Å²) >= 11 is 0. The Hall–Kier alpha value is -3.87. The van der Waals surface area contributed by atoms with Crippen LogP contribution in [0.4, 0.5) is 5.69 Å². The van der Waals surface area contributed by atoms with E-state index < -0.39 is 17.4 Å². The van der Waals surface area contributed by atoms with E-state index in [1.807, 2.05) is 24.3 Å². The largest absolute Gasteiger partial charge is 0.497 e. The standard InChI is InChI=1S/C22H20N2O5/c1-28-18-11-5-15(6-12-18)14-24-13-3-4-19(21(24)26)20(25)23-17-9-7-16(8-10-17)22(27)29-2/h3-13H,14H2,1-2H3,(H,23,25). The van der Waals surface area contributed by atoms with Gasteiger partial charge in [0.05, 0.1) is 26.3 Å². The molecule has 3 aromatic rings. The predicted molar refractivity (Wildman–Crippen MR) is 109 cm³/mol. The van der Waals surface area contributed by atoms with Gasteiger partial charge in [-0.15, -0.1) is 0 Å². The average Bonchev–Trinajstić information content (AvgIpc) is 2.75. The lowest BCUT2D eigenvalue weighted by atomic mass is 10.2. The maximum Gasteiger partial charge on any atom is 0.337 e. The van der Waals surface area contributed by atoms with Crippen molar-refractivity contribution < 1.29 is 19.1 Å². The van der Waals surface area contributed by atoms with Crippen molar-refractivity contribution >= 4 is 17.6 Å². The third-order valence-corrected chi connectivity index (χ3v) is 4.34. The Labute approximate surface area is 167 Å². The number of carbonyl (C=O) groups is 2. The lowest BCUT2D eigenvalue weighted by Crippen LogP contribution is -2.29. The second kappa shape index (κ2) is 8.88. The first-order chi connectivity index (χ1) is 14.0. The first-order valence-corrected chi connectivity index (χ1v) is 8.84. The molecule has 0 spiro atoms. The molecule has 0 bridgehead atoms. The first-order valence-electron chi connectivity index (χ1n) is 8.84. The van der Waals surface area contributed by atoms with Crippen LogP contribution in [-0.4, -0.2) is 30.7 Å². The van der Waals surface area contributed by atoms with Gasteiger partial charge in [-0.05, 0) is 54.1 Å². The summed E-state index contributed by atoms with van der Waals surface area (Å²) in [7, 11) is 2.88. The molecule has 7 nitrogen and oxygen atoms in total. The fourth-order valence-electron chi connectivity index (χ4n) is 2.77. The Bertz CT molecular complexity index is 1070. The second-order valence-electron chi connectivity index (χ2n) is 6.23. The van der Waals surface area contributed by atoms with E-state index in [1.165, 1.54) is 29.9 Å². The van der Waals surface area contributed by atoms with E-state index in [1.54, 1.807) is 31.5 Å². The number of nitrogens with one attached hydrogen (secondary N) is 1. The molecule has 1 heterocycles. The molecule has 0 radical (unpaired) electrons. The van der Waals surface area contributed by atoms with Crippen molar-refractivity contribution in [2.45, 2.75) is 6.54 Å². The van der Waals surface area contributed by atoms with E-state index >= 15 is 0 Å². The summed E-state index contributed by atoms with van der Waals surface area (Å²) in [5.41, 5.74) is 1.37. The SMILES string of the molecule is COC(=O)c1ccc(NC(=O)c2cccn(Cc3ccc(OC)cc3)c2=O)cc1. The van der Waals surface area contributed by atoms with Crippen molar-refractivity contribution in [1.29, 1.82) is 0 Å². The van der Waals surface area contributed by atoms with Crippen LogP contribution in [0.2, 0.25) is 0 Å². The van der Waals surface area contributed by atoms with Crippen LogP contribution in [0.3, 0.4) is 0 Å². The number of ether oxygens (including phenoxy) is 2. The molecular formula is C22H20N2O5. The van der Waals surface area contributed by atoms with Crippen LogP contribution < -0.4 is 15.6 Å². The molecule has 0 fully saturated rings. The zero-order valence-corrected chi connectivity index (χ0v) is 16.0. The highest BCUT2D eigenvalue weighted by Gasteiger charge is 2.13. The van der Waals surface area contributed by atoms with Crippen LogP contribution in [0.5, 0.6) is 5.75 Å². The van der Waals surface area contributed by atoms with Gasteiger partial charge in [0, 0.05) is 11.9 Å². The van der Waals surface area contributed by atoms with E-state index in [4.69, 9.17) is 4.74 Å². The predicted octanol–water partition coefficient (Wildman–Crippen LogP) is 2.94. The highest BCUT2D eigenvalue weighted by Crippen LogP contribution is 2.13. The van der Waals surface area contributed by atoms with Gasteiger partial charge >= 0.3 is 5.97 Å². The molecular weight excluding hydrogens is 372 g/mol. The van der Waals surface area contributed by atoms with Gasteiger partial charge in [0.1, 0.15) is 11.3 Å². The van der Waals surface area contributed by atoms with Crippen LogP contribution in [0, 0.1) is 0 Å². The summed E-state index contributed by atoms with van der Waals surface area (Å²) in [4.78, 5) is 36.8. The minimum atomic E-state index is -0.523. The summed E-state index contributed by atoms with van der Waals surface area (Å²) in [5, 5.41) is 2.67. The van der Waals surface area contributed by atoms with Crippen molar-refractivity contribution in [3.05, 3.63) is 93.9 Å². The highest BCUT2D eigenvalue weighted by atomic mass is 16.5. The third-order valence-electron chi connectivity index (χ3n) is 4.34. The Morgan fingerprint density at radius 1 is 0.966 bits per heavy atom. The van der Waals surface area contributed by atoms with Crippen LogP contribution in [0.15, 0.2) is 71.7 Å². The van der Waals surface area contributed by atoms with E-state index in [2.05, 4.69) is 10.1 Å². The monoisotopic (exact) mass is 392 g/mol. The zero-order valence-electron chi connectivity index (χ0n) is 16.0. The van der Waals surface area contributed by atoms with Gasteiger partial charge in [-0.2, -0.15) is 0 Å². The molecule has 0 saturated carbocycles. The molecule has 1 aromatic heterocycles. The number of aromatic nitrogens is 1. The number of benzene rings is 2. The minimum absolute atomic E-state index is 0.0260. The topological polar surface area (TPSA) is 86.6 Å². The number of pyridine rings is 1. The molecule has 3 rings (SSSR count). The third kappa shape index (κ3) is 4.70. The second-order valence-corrected chi connectivity index (χ2v) is 6.23. The van der Waals surface area contributed by atoms with Crippen molar-refractivity contribution in [3.63, 3.8) is 0 Å². The van der Waals surface area contributed by atoms with Crippen LogP contribution in [-0.2, 0) is 11.3 Å². The van der Waals surface area contributed by atoms with Gasteiger partial charge in [0.2, 0.25) is 0 Å². The molecule has 0 saturated heterocycles. The number of anilines is 1. The molecule has 0 atom stereocenters. The number of rotatable bonds is 6. The molecule has 0 aliphatic heterocycles. The van der Waals surface area contributed by atoms with Gasteiger partial charge in [0.25, 0.3) is 11.5 Å². The molecule has 0 aliphatic carbocycles. The van der Waals surface area contributed by atoms with E-state index in [0.717, 1.165) is 11.3 Å². The molecule has 1 amide bonds. The summed E-state index contributed by atoms with van der Waals surface area (Å²) in [6.45, 7) is 0.331. The number of nitrogens with zero attached hydrogens (tertiary/aromatic N) is 1. The number of methoxy groups -OCH3 is 2. The molecule has 0 aliphatic rings. The van der Waals surface area contributed by atoms with E-state index in [0.29, 0.717) is 17.8 Å². The first kappa shape index (κ1) is 19.9. The van der Waals surface area contributed by atoms with Gasteiger partial charge in [0.15, 0.2) is 0 Å². The Kier molecular flexibility index (Phi) is 6.09. The summed E-state index contributed by atoms with van der Waals surface area (Å²) in [6.07, 6.45) is 1.63. The van der Waals surface area contributed by atoms with Crippen LogP contribution in [0.25, 0.3) is 0 Å². The maximum atomic E-state index is 12.7.